The van der Waals surface area contributed by atoms with E-state index >= 15 is 0 Å². The van der Waals surface area contributed by atoms with Crippen molar-refractivity contribution in [3.8, 4) is 5.75 Å². The quantitative estimate of drug-likeness (QED) is 0.436. The van der Waals surface area contributed by atoms with Crippen molar-refractivity contribution in [3.63, 3.8) is 0 Å². The van der Waals surface area contributed by atoms with Crippen LogP contribution < -0.4 is 4.74 Å². The molecular weight excluding hydrogens is 381 g/mol. The molecule has 6 nitrogen and oxygen atoms in total. The highest BCUT2D eigenvalue weighted by Crippen LogP contribution is 2.30. The van der Waals surface area contributed by atoms with E-state index in [9.17, 15) is 13.2 Å². The first-order chi connectivity index (χ1) is 13.0. The monoisotopic (exact) mass is 396 g/mol. The van der Waals surface area contributed by atoms with Gasteiger partial charge in [-0.3, -0.25) is 0 Å². The van der Waals surface area contributed by atoms with Crippen LogP contribution in [0.1, 0.15) is 24.3 Å². The Morgan fingerprint density at radius 3 is 2.67 bits per heavy atom. The first kappa shape index (κ1) is 19.0. The second-order valence-corrected chi connectivity index (χ2v) is 6.43. The van der Waals surface area contributed by atoms with Crippen molar-refractivity contribution in [2.45, 2.75) is 24.9 Å². The molecule has 2 aromatic heterocycles. The molecule has 0 amide bonds. The van der Waals surface area contributed by atoms with Crippen LogP contribution in [0.25, 0.3) is 0 Å². The van der Waals surface area contributed by atoms with Gasteiger partial charge in [0.25, 0.3) is 5.82 Å². The Morgan fingerprint density at radius 1 is 1.19 bits per heavy atom. The Bertz CT molecular complexity index is 907. The first-order valence-electron chi connectivity index (χ1n) is 7.93. The van der Waals surface area contributed by atoms with Crippen molar-refractivity contribution >= 4 is 18.0 Å². The molecule has 0 atom stereocenters. The Kier molecular flexibility index (Phi) is 5.84. The van der Waals surface area contributed by atoms with Crippen LogP contribution in [0, 0.1) is 0 Å². The van der Waals surface area contributed by atoms with E-state index in [0.717, 1.165) is 11.8 Å². The smallest absolute Gasteiger partial charge is 0.453 e. The van der Waals surface area contributed by atoms with Crippen molar-refractivity contribution in [1.29, 1.82) is 0 Å². The summed E-state index contributed by atoms with van der Waals surface area (Å²) in [5.74, 6) is 0.838. The third kappa shape index (κ3) is 4.91. The van der Waals surface area contributed by atoms with Gasteiger partial charge in [-0.2, -0.15) is 22.9 Å². The van der Waals surface area contributed by atoms with Crippen molar-refractivity contribution in [2.75, 3.05) is 5.75 Å². The predicted molar refractivity (Wildman–Crippen MR) is 93.9 cm³/mol. The fourth-order valence-corrected chi connectivity index (χ4v) is 2.71. The Balaban J connectivity index is 1.73. The second kappa shape index (κ2) is 8.30. The van der Waals surface area contributed by atoms with Gasteiger partial charge in [0.05, 0.1) is 6.21 Å². The summed E-state index contributed by atoms with van der Waals surface area (Å²) < 4.78 is 50.9. The number of hydrogen-bond acceptors (Lipinski definition) is 6. The molecule has 0 N–H and O–H groups in total. The van der Waals surface area contributed by atoms with Crippen LogP contribution in [0.4, 0.5) is 13.2 Å². The molecule has 0 saturated heterocycles. The molecule has 0 radical (unpaired) electrons. The van der Waals surface area contributed by atoms with E-state index in [1.807, 2.05) is 30.3 Å². The largest absolute Gasteiger partial charge is 0.486 e. The van der Waals surface area contributed by atoms with Gasteiger partial charge in [0.1, 0.15) is 23.9 Å². The fraction of sp³-hybridized carbons (Fsp3) is 0.235. The molecule has 0 aliphatic rings. The van der Waals surface area contributed by atoms with Crippen molar-refractivity contribution in [2.24, 2.45) is 5.10 Å². The van der Waals surface area contributed by atoms with Crippen LogP contribution >= 0.6 is 11.8 Å². The summed E-state index contributed by atoms with van der Waals surface area (Å²) in [6.45, 7) is 1.99. The van der Waals surface area contributed by atoms with E-state index < -0.39 is 12.0 Å². The summed E-state index contributed by atoms with van der Waals surface area (Å²) in [6, 6.07) is 12.4. The maximum absolute atomic E-state index is 13.0. The summed E-state index contributed by atoms with van der Waals surface area (Å²) in [5, 5.41) is 10.6. The number of furan rings is 1. The number of nitrogens with zero attached hydrogens (tertiary/aromatic N) is 4. The number of hydrogen-bond donors (Lipinski definition) is 0. The first-order valence-corrected chi connectivity index (χ1v) is 8.92. The van der Waals surface area contributed by atoms with E-state index in [1.54, 1.807) is 19.1 Å². The standard InChI is InChI=1S/C17H15F3N4O2S/c1-2-27-16-23-22-15(17(18,19)20)24(16)21-10-13-8-9-14(26-13)11-25-12-6-4-3-5-7-12/h3-10H,2,11H2,1H3/b21-10+. The molecule has 0 aliphatic heterocycles. The lowest BCUT2D eigenvalue weighted by Crippen LogP contribution is -2.13. The summed E-state index contributed by atoms with van der Waals surface area (Å²) in [4.78, 5) is 0. The van der Waals surface area contributed by atoms with Crippen molar-refractivity contribution in [3.05, 3.63) is 59.8 Å². The molecule has 0 aliphatic carbocycles. The molecule has 0 bridgehead atoms. The third-order valence-electron chi connectivity index (χ3n) is 3.25. The number of alkyl halides is 3. The molecule has 0 unspecified atom stereocenters. The second-order valence-electron chi connectivity index (χ2n) is 5.20. The molecule has 27 heavy (non-hydrogen) atoms. The lowest BCUT2D eigenvalue weighted by Gasteiger charge is -2.05. The molecule has 3 rings (SSSR count). The van der Waals surface area contributed by atoms with E-state index in [4.69, 9.17) is 9.15 Å². The van der Waals surface area contributed by atoms with Crippen LogP contribution in [0.2, 0.25) is 0 Å². The molecule has 0 saturated carbocycles. The van der Waals surface area contributed by atoms with Gasteiger partial charge in [0, 0.05) is 0 Å². The maximum atomic E-state index is 13.0. The highest BCUT2D eigenvalue weighted by molar-refractivity contribution is 7.99. The average molecular weight is 396 g/mol. The van der Waals surface area contributed by atoms with Gasteiger partial charge >= 0.3 is 6.18 Å². The van der Waals surface area contributed by atoms with Crippen LogP contribution in [0.3, 0.4) is 0 Å². The summed E-state index contributed by atoms with van der Waals surface area (Å²) in [5.41, 5.74) is 0. The van der Waals surface area contributed by atoms with E-state index in [2.05, 4.69) is 15.3 Å². The minimum absolute atomic E-state index is 0.0558. The number of rotatable bonds is 7. The molecule has 3 aromatic rings. The minimum Gasteiger partial charge on any atom is -0.486 e. The van der Waals surface area contributed by atoms with Gasteiger partial charge in [-0.25, -0.2) is 0 Å². The minimum atomic E-state index is -4.66. The highest BCUT2D eigenvalue weighted by Gasteiger charge is 2.38. The van der Waals surface area contributed by atoms with Gasteiger partial charge in [-0.05, 0) is 30.0 Å². The highest BCUT2D eigenvalue weighted by atomic mass is 32.2. The lowest BCUT2D eigenvalue weighted by molar-refractivity contribution is -0.147. The Labute approximate surface area is 157 Å². The van der Waals surface area contributed by atoms with Crippen molar-refractivity contribution < 1.29 is 22.3 Å². The Morgan fingerprint density at radius 2 is 1.96 bits per heavy atom. The van der Waals surface area contributed by atoms with E-state index in [-0.39, 0.29) is 17.5 Å². The van der Waals surface area contributed by atoms with Crippen LogP contribution in [-0.2, 0) is 12.8 Å². The number of aromatic nitrogens is 3. The number of halogens is 3. The zero-order chi connectivity index (χ0) is 19.3. The molecular formula is C17H15F3N4O2S. The van der Waals surface area contributed by atoms with E-state index in [0.29, 0.717) is 21.9 Å². The van der Waals surface area contributed by atoms with E-state index in [1.165, 1.54) is 6.21 Å². The van der Waals surface area contributed by atoms with Crippen LogP contribution in [0.15, 0.2) is 57.1 Å². The predicted octanol–water partition coefficient (Wildman–Crippen LogP) is 4.46. The SMILES string of the molecule is CCSc1nnc(C(F)(F)F)n1/N=C/c1ccc(COc2ccccc2)o1. The average Bonchev–Trinajstić information content (AvgIpc) is 3.26. The van der Waals surface area contributed by atoms with Crippen LogP contribution in [0.5, 0.6) is 5.75 Å². The van der Waals surface area contributed by atoms with Crippen molar-refractivity contribution in [1.82, 2.24) is 14.9 Å². The van der Waals surface area contributed by atoms with Gasteiger partial charge in [0.15, 0.2) is 0 Å². The maximum Gasteiger partial charge on any atom is 0.453 e. The van der Waals surface area contributed by atoms with Gasteiger partial charge in [0.2, 0.25) is 5.16 Å². The zero-order valence-corrected chi connectivity index (χ0v) is 15.0. The molecule has 1 aromatic carbocycles. The summed E-state index contributed by atoms with van der Waals surface area (Å²) in [6.07, 6.45) is -3.47. The lowest BCUT2D eigenvalue weighted by atomic mass is 10.3. The topological polar surface area (TPSA) is 65.4 Å². The number of para-hydroxylation sites is 1. The Hall–Kier alpha value is -2.75. The number of benzene rings is 1. The third-order valence-corrected chi connectivity index (χ3v) is 4.05. The normalized spacial score (nSPS) is 12.0. The number of thioether (sulfide) groups is 1. The van der Waals surface area contributed by atoms with Crippen LogP contribution in [-0.4, -0.2) is 26.8 Å². The summed E-state index contributed by atoms with van der Waals surface area (Å²) in [7, 11) is 0. The van der Waals surface area contributed by atoms with Gasteiger partial charge in [-0.15, -0.1) is 10.2 Å². The zero-order valence-electron chi connectivity index (χ0n) is 14.2. The number of ether oxygens (including phenoxy) is 1. The fourth-order valence-electron chi connectivity index (χ4n) is 2.09. The molecule has 2 heterocycles. The molecule has 0 fully saturated rings. The molecule has 142 valence electrons. The molecule has 10 heteroatoms. The molecule has 0 spiro atoms. The summed E-state index contributed by atoms with van der Waals surface area (Å²) >= 11 is 1.11. The van der Waals surface area contributed by atoms with Gasteiger partial charge < -0.3 is 9.15 Å². The van der Waals surface area contributed by atoms with Gasteiger partial charge in [-0.1, -0.05) is 36.9 Å².